The van der Waals surface area contributed by atoms with Crippen molar-refractivity contribution in [2.45, 2.75) is 32.3 Å². The Balaban J connectivity index is 3.16. The first-order chi connectivity index (χ1) is 3.35. The standard InChI is InChI=1S/C5H11PS/c1-3-5(4-2)6-7/h5H,3-4H2,1-2H3. The molecule has 0 rings (SSSR count). The van der Waals surface area contributed by atoms with Gasteiger partial charge in [-0.1, -0.05) is 25.7 Å². The fourth-order valence-electron chi connectivity index (χ4n) is 0.438. The van der Waals surface area contributed by atoms with E-state index in [0.717, 1.165) is 13.0 Å². The molecule has 0 unspecified atom stereocenters. The van der Waals surface area contributed by atoms with Gasteiger partial charge in [0.1, 0.15) is 0 Å². The van der Waals surface area contributed by atoms with Crippen molar-refractivity contribution in [3.8, 4) is 0 Å². The largest absolute Gasteiger partial charge is 0.0645 e. The summed E-state index contributed by atoms with van der Waals surface area (Å²) >= 11 is 4.84. The summed E-state index contributed by atoms with van der Waals surface area (Å²) in [6.07, 6.45) is 2.48. The van der Waals surface area contributed by atoms with Gasteiger partial charge in [0.2, 0.25) is 0 Å². The number of rotatable bonds is 3. The van der Waals surface area contributed by atoms with Crippen molar-refractivity contribution in [3.05, 3.63) is 0 Å². The fourth-order valence-corrected chi connectivity index (χ4v) is 1.63. The van der Waals surface area contributed by atoms with E-state index in [9.17, 15) is 0 Å². The van der Waals surface area contributed by atoms with Crippen molar-refractivity contribution in [1.29, 1.82) is 0 Å². The molecular formula is C5H11PS. The molecule has 0 nitrogen and oxygen atoms in total. The molecule has 0 spiro atoms. The molecular weight excluding hydrogens is 123 g/mol. The van der Waals surface area contributed by atoms with Crippen LogP contribution in [0.1, 0.15) is 26.7 Å². The normalized spacial score (nSPS) is 10.7. The smallest absolute Gasteiger partial charge is 0.0108 e. The molecule has 0 saturated carbocycles. The Labute approximate surface area is 52.1 Å². The Hall–Kier alpha value is 0.520. The molecule has 0 aromatic heterocycles. The maximum atomic E-state index is 4.84. The Bertz CT molecular complexity index is 50.0. The van der Waals surface area contributed by atoms with Gasteiger partial charge in [0.05, 0.1) is 0 Å². The monoisotopic (exact) mass is 134 g/mol. The lowest BCUT2D eigenvalue weighted by atomic mass is 10.3. The van der Waals surface area contributed by atoms with Crippen LogP contribution >= 0.6 is 7.36 Å². The van der Waals surface area contributed by atoms with Gasteiger partial charge in [-0.2, -0.15) is 0 Å². The van der Waals surface area contributed by atoms with Gasteiger partial charge < -0.3 is 0 Å². The Morgan fingerprint density at radius 2 is 1.86 bits per heavy atom. The molecule has 0 heterocycles. The third-order valence-corrected chi connectivity index (χ3v) is 3.01. The Morgan fingerprint density at radius 1 is 1.43 bits per heavy atom. The van der Waals surface area contributed by atoms with Crippen molar-refractivity contribution in [1.82, 2.24) is 0 Å². The van der Waals surface area contributed by atoms with E-state index in [4.69, 9.17) is 11.8 Å². The van der Waals surface area contributed by atoms with Gasteiger partial charge in [-0.15, -0.1) is 0 Å². The van der Waals surface area contributed by atoms with Crippen molar-refractivity contribution in [3.63, 3.8) is 0 Å². The zero-order chi connectivity index (χ0) is 5.70. The second kappa shape index (κ2) is 4.67. The molecule has 0 atom stereocenters. The van der Waals surface area contributed by atoms with Crippen molar-refractivity contribution in [2.24, 2.45) is 0 Å². The molecule has 0 fully saturated rings. The Morgan fingerprint density at radius 3 is 1.86 bits per heavy atom. The van der Waals surface area contributed by atoms with Gasteiger partial charge in [-0.3, -0.25) is 0 Å². The topological polar surface area (TPSA) is 0 Å². The summed E-state index contributed by atoms with van der Waals surface area (Å²) in [5.41, 5.74) is 0.773. The fraction of sp³-hybridized carbons (Fsp3) is 1.00. The quantitative estimate of drug-likeness (QED) is 0.534. The highest BCUT2D eigenvalue weighted by Crippen LogP contribution is 2.13. The van der Waals surface area contributed by atoms with E-state index in [0.29, 0.717) is 0 Å². The molecule has 0 aromatic carbocycles. The van der Waals surface area contributed by atoms with Crippen LogP contribution in [0.2, 0.25) is 0 Å². The van der Waals surface area contributed by atoms with Crippen LogP contribution in [0, 0.1) is 0 Å². The zero-order valence-electron chi connectivity index (χ0n) is 4.85. The average molecular weight is 134 g/mol. The number of hydrogen-bond donors (Lipinski definition) is 0. The summed E-state index contributed by atoms with van der Waals surface area (Å²) in [7, 11) is 1.14. The third-order valence-electron chi connectivity index (χ3n) is 1.09. The summed E-state index contributed by atoms with van der Waals surface area (Å²) in [5, 5.41) is 0. The van der Waals surface area contributed by atoms with E-state index in [1.807, 2.05) is 0 Å². The minimum Gasteiger partial charge on any atom is -0.0645 e. The van der Waals surface area contributed by atoms with Crippen LogP contribution in [-0.2, 0) is 11.8 Å². The molecule has 0 saturated heterocycles. The summed E-state index contributed by atoms with van der Waals surface area (Å²) in [6, 6.07) is 0. The van der Waals surface area contributed by atoms with Gasteiger partial charge in [0.25, 0.3) is 0 Å². The molecule has 7 heavy (non-hydrogen) atoms. The molecule has 2 heteroatoms. The van der Waals surface area contributed by atoms with Crippen molar-refractivity contribution >= 4 is 19.2 Å². The first-order valence-electron chi connectivity index (χ1n) is 2.67. The molecule has 0 aliphatic rings. The van der Waals surface area contributed by atoms with Crippen molar-refractivity contribution in [2.75, 3.05) is 0 Å². The van der Waals surface area contributed by atoms with E-state index >= 15 is 0 Å². The molecule has 0 bridgehead atoms. The predicted octanol–water partition coefficient (Wildman–Crippen LogP) is 2.58. The van der Waals surface area contributed by atoms with Gasteiger partial charge in [-0.05, 0) is 20.2 Å². The molecule has 42 valence electrons. The van der Waals surface area contributed by atoms with Gasteiger partial charge in [-0.25, -0.2) is 0 Å². The van der Waals surface area contributed by atoms with Crippen LogP contribution in [0.15, 0.2) is 0 Å². The van der Waals surface area contributed by atoms with Crippen LogP contribution in [0.25, 0.3) is 0 Å². The van der Waals surface area contributed by atoms with Crippen LogP contribution in [0.5, 0.6) is 0 Å². The van der Waals surface area contributed by atoms with Gasteiger partial charge in [0.15, 0.2) is 0 Å². The first kappa shape index (κ1) is 7.52. The minimum absolute atomic E-state index is 0.773. The summed E-state index contributed by atoms with van der Waals surface area (Å²) < 4.78 is 0. The molecule has 0 aliphatic carbocycles. The van der Waals surface area contributed by atoms with Gasteiger partial charge >= 0.3 is 0 Å². The van der Waals surface area contributed by atoms with E-state index in [1.165, 1.54) is 12.8 Å². The first-order valence-corrected chi connectivity index (χ1v) is 4.65. The number of hydrogen-bond acceptors (Lipinski definition) is 1. The highest BCUT2D eigenvalue weighted by Gasteiger charge is 1.94. The SMILES string of the molecule is CCC(CC)P=S. The maximum absolute atomic E-state index is 4.84. The molecule has 0 aromatic rings. The molecule has 0 radical (unpaired) electrons. The minimum atomic E-state index is 0.773. The molecule has 0 N–H and O–H groups in total. The predicted molar refractivity (Wildman–Crippen MR) is 38.7 cm³/mol. The van der Waals surface area contributed by atoms with Gasteiger partial charge in [0, 0.05) is 5.66 Å². The lowest BCUT2D eigenvalue weighted by Crippen LogP contribution is -1.90. The van der Waals surface area contributed by atoms with E-state index in [2.05, 4.69) is 13.8 Å². The lowest BCUT2D eigenvalue weighted by molar-refractivity contribution is 0.792. The maximum Gasteiger partial charge on any atom is 0.0108 e. The highest BCUT2D eigenvalue weighted by molar-refractivity contribution is 7.96. The van der Waals surface area contributed by atoms with E-state index in [1.54, 1.807) is 0 Å². The summed E-state index contributed by atoms with van der Waals surface area (Å²) in [4.78, 5) is 0. The third kappa shape index (κ3) is 3.13. The highest BCUT2D eigenvalue weighted by atomic mass is 32.4. The van der Waals surface area contributed by atoms with Crippen LogP contribution in [0.4, 0.5) is 0 Å². The Kier molecular flexibility index (Phi) is 5.02. The second-order valence-corrected chi connectivity index (χ2v) is 3.15. The molecule has 0 amide bonds. The summed E-state index contributed by atoms with van der Waals surface area (Å²) in [6.45, 7) is 4.38. The van der Waals surface area contributed by atoms with Crippen LogP contribution < -0.4 is 0 Å². The van der Waals surface area contributed by atoms with Crippen LogP contribution in [0.3, 0.4) is 0 Å². The van der Waals surface area contributed by atoms with E-state index in [-0.39, 0.29) is 0 Å². The van der Waals surface area contributed by atoms with E-state index < -0.39 is 0 Å². The zero-order valence-corrected chi connectivity index (χ0v) is 6.56. The summed E-state index contributed by atoms with van der Waals surface area (Å²) in [5.74, 6) is 0. The lowest BCUT2D eigenvalue weighted by Gasteiger charge is -1.98. The second-order valence-electron chi connectivity index (χ2n) is 1.58. The van der Waals surface area contributed by atoms with Crippen molar-refractivity contribution < 1.29 is 0 Å². The van der Waals surface area contributed by atoms with Crippen LogP contribution in [-0.4, -0.2) is 5.66 Å². The molecule has 0 aliphatic heterocycles. The average Bonchev–Trinajstić information content (AvgIpc) is 1.72.